The molecule has 2 N–H and O–H groups in total. The van der Waals surface area contributed by atoms with Crippen molar-refractivity contribution in [1.29, 1.82) is 0 Å². The summed E-state index contributed by atoms with van der Waals surface area (Å²) < 4.78 is 12.7. The van der Waals surface area contributed by atoms with E-state index >= 15 is 0 Å². The lowest BCUT2D eigenvalue weighted by atomic mass is 10.1. The zero-order valence-electron chi connectivity index (χ0n) is 27.4. The third kappa shape index (κ3) is 10.5. The normalized spacial score (nSPS) is 14.7. The zero-order chi connectivity index (χ0) is 34.0. The van der Waals surface area contributed by atoms with Crippen LogP contribution in [-0.2, 0) is 30.5 Å². The van der Waals surface area contributed by atoms with Gasteiger partial charge < -0.3 is 29.6 Å². The molecule has 3 aromatic rings. The van der Waals surface area contributed by atoms with Crippen molar-refractivity contribution in [3.8, 4) is 0 Å². The average molecular weight is 663 g/mol. The standard InChI is InChI=1S/C34H42N6O6S/c1-33(2,3)46-32(44)38-34(4,5)31(43)36-26(22-45-21-24-12-8-6-9-13-24)29(41)37-27-20-40(23-35-27)28(25-14-10-7-11-15-25)30(42)39-16-18-47-19-17-39/h6-15,20,23,28H,16-19,21-22H2,1-5H3,(H,37,41)(H,38,44). The SMILES string of the molecule is CC(C)(C)OC(=O)NC(C)(C)C(=O)N=C(COCc1ccccc1)C(=O)Nc1cn(C(C(=O)N2CCSCC2)c2ccccc2)cn1. The Balaban J connectivity index is 1.54. The van der Waals surface area contributed by atoms with Crippen molar-refractivity contribution in [2.24, 2.45) is 4.99 Å². The van der Waals surface area contributed by atoms with Gasteiger partial charge in [-0.1, -0.05) is 60.7 Å². The van der Waals surface area contributed by atoms with E-state index in [2.05, 4.69) is 20.6 Å². The van der Waals surface area contributed by atoms with Crippen LogP contribution in [0.1, 0.15) is 51.8 Å². The smallest absolute Gasteiger partial charge is 0.408 e. The Labute approximate surface area is 279 Å². The maximum atomic E-state index is 13.7. The summed E-state index contributed by atoms with van der Waals surface area (Å²) in [6, 6.07) is 18.1. The van der Waals surface area contributed by atoms with Crippen LogP contribution in [0.2, 0.25) is 0 Å². The van der Waals surface area contributed by atoms with Gasteiger partial charge in [-0.15, -0.1) is 0 Å². The van der Waals surface area contributed by atoms with Gasteiger partial charge in [0.1, 0.15) is 22.9 Å². The number of alkyl carbamates (subject to hydrolysis) is 1. The number of aromatic nitrogens is 2. The van der Waals surface area contributed by atoms with Gasteiger partial charge in [-0.3, -0.25) is 14.4 Å². The summed E-state index contributed by atoms with van der Waals surface area (Å²) >= 11 is 1.81. The number of nitrogens with zero attached hydrogens (tertiary/aromatic N) is 4. The summed E-state index contributed by atoms with van der Waals surface area (Å²) in [6.07, 6.45) is 2.27. The van der Waals surface area contributed by atoms with Crippen LogP contribution in [-0.4, -0.2) is 86.3 Å². The Bertz CT molecular complexity index is 1560. The molecule has 4 rings (SSSR count). The first kappa shape index (κ1) is 35.4. The molecule has 13 heteroatoms. The molecule has 0 bridgehead atoms. The molecule has 4 amide bonds. The fourth-order valence-electron chi connectivity index (χ4n) is 4.63. The molecule has 1 saturated heterocycles. The van der Waals surface area contributed by atoms with Crippen LogP contribution in [0.25, 0.3) is 0 Å². The fraction of sp³-hybridized carbons (Fsp3) is 0.412. The van der Waals surface area contributed by atoms with Crippen molar-refractivity contribution in [2.45, 2.75) is 58.4 Å². The fourth-order valence-corrected chi connectivity index (χ4v) is 5.53. The maximum Gasteiger partial charge on any atom is 0.408 e. The number of rotatable bonds is 11. The van der Waals surface area contributed by atoms with Gasteiger partial charge in [0.05, 0.1) is 19.5 Å². The molecule has 1 aromatic heterocycles. The molecule has 2 heterocycles. The minimum atomic E-state index is -1.49. The predicted octanol–water partition coefficient (Wildman–Crippen LogP) is 4.47. The van der Waals surface area contributed by atoms with Gasteiger partial charge in [0, 0.05) is 30.8 Å². The molecular formula is C34H42N6O6S. The van der Waals surface area contributed by atoms with Crippen LogP contribution in [0.3, 0.4) is 0 Å². The minimum Gasteiger partial charge on any atom is -0.444 e. The molecule has 1 atom stereocenters. The number of aliphatic imine (C=N–C) groups is 1. The molecule has 0 spiro atoms. The molecule has 1 aliphatic rings. The lowest BCUT2D eigenvalue weighted by Crippen LogP contribution is -2.51. The second-order valence-electron chi connectivity index (χ2n) is 12.5. The first-order chi connectivity index (χ1) is 22.3. The molecule has 1 aliphatic heterocycles. The van der Waals surface area contributed by atoms with Crippen molar-refractivity contribution >= 4 is 47.1 Å². The predicted molar refractivity (Wildman–Crippen MR) is 181 cm³/mol. The summed E-state index contributed by atoms with van der Waals surface area (Å²) in [6.45, 7) is 9.23. The van der Waals surface area contributed by atoms with Crippen molar-refractivity contribution in [1.82, 2.24) is 19.8 Å². The second-order valence-corrected chi connectivity index (χ2v) is 13.7. The zero-order valence-corrected chi connectivity index (χ0v) is 28.2. The van der Waals surface area contributed by atoms with Crippen molar-refractivity contribution in [3.05, 3.63) is 84.3 Å². The molecule has 47 heavy (non-hydrogen) atoms. The van der Waals surface area contributed by atoms with Crippen molar-refractivity contribution in [3.63, 3.8) is 0 Å². The van der Waals surface area contributed by atoms with E-state index in [0.29, 0.717) is 13.1 Å². The first-order valence-electron chi connectivity index (χ1n) is 15.3. The van der Waals surface area contributed by atoms with Crippen LogP contribution in [0.5, 0.6) is 0 Å². The van der Waals surface area contributed by atoms with E-state index in [4.69, 9.17) is 9.47 Å². The average Bonchev–Trinajstić information content (AvgIpc) is 3.48. The van der Waals surface area contributed by atoms with Gasteiger partial charge in [0.25, 0.3) is 11.8 Å². The van der Waals surface area contributed by atoms with E-state index in [9.17, 15) is 19.2 Å². The van der Waals surface area contributed by atoms with E-state index in [-0.39, 0.29) is 30.7 Å². The van der Waals surface area contributed by atoms with Crippen molar-refractivity contribution in [2.75, 3.05) is 36.5 Å². The number of carbonyl (C=O) groups excluding carboxylic acids is 4. The Morgan fingerprint density at radius 2 is 1.60 bits per heavy atom. The summed E-state index contributed by atoms with van der Waals surface area (Å²) in [4.78, 5) is 63.2. The Hall–Kier alpha value is -4.49. The lowest BCUT2D eigenvalue weighted by Gasteiger charge is -2.30. The number of amides is 4. The van der Waals surface area contributed by atoms with Crippen molar-refractivity contribution < 1.29 is 28.7 Å². The van der Waals surface area contributed by atoms with Gasteiger partial charge >= 0.3 is 6.09 Å². The van der Waals surface area contributed by atoms with Gasteiger partial charge in [-0.2, -0.15) is 11.8 Å². The number of imidazole rings is 1. The van der Waals surface area contributed by atoms with Crippen LogP contribution < -0.4 is 10.6 Å². The largest absolute Gasteiger partial charge is 0.444 e. The number of ether oxygens (including phenoxy) is 2. The highest BCUT2D eigenvalue weighted by Crippen LogP contribution is 2.24. The van der Waals surface area contributed by atoms with Gasteiger partial charge in [0.2, 0.25) is 5.91 Å². The Kier molecular flexibility index (Phi) is 11.9. The summed E-state index contributed by atoms with van der Waals surface area (Å²) in [5.74, 6) is 0.337. The van der Waals surface area contributed by atoms with E-state index in [1.54, 1.807) is 31.5 Å². The van der Waals surface area contributed by atoms with E-state index < -0.39 is 35.1 Å². The minimum absolute atomic E-state index is 0.0614. The van der Waals surface area contributed by atoms with Gasteiger partial charge in [0.15, 0.2) is 5.82 Å². The molecule has 1 unspecified atom stereocenters. The van der Waals surface area contributed by atoms with Gasteiger partial charge in [-0.25, -0.2) is 14.8 Å². The lowest BCUT2D eigenvalue weighted by molar-refractivity contribution is -0.133. The molecule has 250 valence electrons. The van der Waals surface area contributed by atoms with Crippen LogP contribution in [0.4, 0.5) is 10.6 Å². The number of anilines is 1. The Morgan fingerprint density at radius 1 is 0.957 bits per heavy atom. The highest BCUT2D eigenvalue weighted by Gasteiger charge is 2.33. The second kappa shape index (κ2) is 15.9. The van der Waals surface area contributed by atoms with E-state index in [1.807, 2.05) is 77.3 Å². The van der Waals surface area contributed by atoms with Crippen LogP contribution in [0, 0.1) is 0 Å². The highest BCUT2D eigenvalue weighted by molar-refractivity contribution is 7.99. The third-order valence-electron chi connectivity index (χ3n) is 7.01. The number of hydrogen-bond donors (Lipinski definition) is 2. The quantitative estimate of drug-likeness (QED) is 0.286. The summed E-state index contributed by atoms with van der Waals surface area (Å²) in [5, 5.41) is 5.20. The molecule has 0 saturated carbocycles. The molecule has 0 radical (unpaired) electrons. The molecule has 2 aromatic carbocycles. The number of benzene rings is 2. The number of nitrogens with one attached hydrogen (secondary N) is 2. The van der Waals surface area contributed by atoms with Gasteiger partial charge in [-0.05, 0) is 45.7 Å². The topological polar surface area (TPSA) is 144 Å². The Morgan fingerprint density at radius 3 is 2.23 bits per heavy atom. The number of carbonyl (C=O) groups is 4. The summed E-state index contributed by atoms with van der Waals surface area (Å²) in [7, 11) is 0. The summed E-state index contributed by atoms with van der Waals surface area (Å²) in [5.41, 5.74) is -0.837. The maximum absolute atomic E-state index is 13.7. The van der Waals surface area contributed by atoms with Crippen LogP contribution in [0.15, 0.2) is 78.2 Å². The van der Waals surface area contributed by atoms with E-state index in [1.165, 1.54) is 20.2 Å². The van der Waals surface area contributed by atoms with E-state index in [0.717, 1.165) is 22.6 Å². The monoisotopic (exact) mass is 662 g/mol. The third-order valence-corrected chi connectivity index (χ3v) is 7.95. The molecule has 0 aliphatic carbocycles. The highest BCUT2D eigenvalue weighted by atomic mass is 32.2. The molecule has 1 fully saturated rings. The molecule has 12 nitrogen and oxygen atoms in total. The number of hydrogen-bond acceptors (Lipinski definition) is 8. The molecular weight excluding hydrogens is 620 g/mol. The first-order valence-corrected chi connectivity index (χ1v) is 16.5. The number of thioether (sulfide) groups is 1. The van der Waals surface area contributed by atoms with Crippen LogP contribution >= 0.6 is 11.8 Å².